The van der Waals surface area contributed by atoms with Crippen LogP contribution in [-0.4, -0.2) is 5.75 Å². The first-order valence-corrected chi connectivity index (χ1v) is 8.31. The van der Waals surface area contributed by atoms with Crippen LogP contribution in [-0.2, 0) is 0 Å². The van der Waals surface area contributed by atoms with E-state index in [4.69, 9.17) is 0 Å². The van der Waals surface area contributed by atoms with Crippen molar-refractivity contribution >= 4 is 11.8 Å². The number of aryl methyl sites for hydroxylation is 1. The largest absolute Gasteiger partial charge is 0.302 e. The van der Waals surface area contributed by atoms with E-state index in [2.05, 4.69) is 67.7 Å². The van der Waals surface area contributed by atoms with E-state index in [1.165, 1.54) is 21.6 Å². The fraction of sp³-hybridized carbons (Fsp3) is 0.333. The van der Waals surface area contributed by atoms with Crippen LogP contribution in [0.5, 0.6) is 0 Å². The molecular weight excluding hydrogens is 262 g/mol. The summed E-state index contributed by atoms with van der Waals surface area (Å²) in [5.74, 6) is 1.14. The van der Waals surface area contributed by atoms with Crippen molar-refractivity contribution in [2.45, 2.75) is 37.2 Å². The van der Waals surface area contributed by atoms with E-state index in [1.807, 2.05) is 11.8 Å². The molecule has 2 aromatic rings. The van der Waals surface area contributed by atoms with Crippen LogP contribution in [0, 0.1) is 6.92 Å². The topological polar surface area (TPSA) is 12.0 Å². The smallest absolute Gasteiger partial charge is 0.0431 e. The lowest BCUT2D eigenvalue weighted by molar-refractivity contribution is 0.461. The highest BCUT2D eigenvalue weighted by atomic mass is 32.2. The third-order valence-corrected chi connectivity index (χ3v) is 5.17. The van der Waals surface area contributed by atoms with Crippen LogP contribution in [0.2, 0.25) is 0 Å². The van der Waals surface area contributed by atoms with Crippen molar-refractivity contribution in [3.63, 3.8) is 0 Å². The molecule has 1 aliphatic rings. The average molecular weight is 283 g/mol. The van der Waals surface area contributed by atoms with E-state index >= 15 is 0 Å². The zero-order valence-corrected chi connectivity index (χ0v) is 12.9. The van der Waals surface area contributed by atoms with Gasteiger partial charge in [0.05, 0.1) is 0 Å². The van der Waals surface area contributed by atoms with Gasteiger partial charge in [0.1, 0.15) is 0 Å². The molecule has 0 amide bonds. The van der Waals surface area contributed by atoms with Crippen molar-refractivity contribution in [1.82, 2.24) is 5.32 Å². The first-order valence-electron chi connectivity index (χ1n) is 7.32. The van der Waals surface area contributed by atoms with Gasteiger partial charge in [0.15, 0.2) is 0 Å². The molecule has 2 unspecified atom stereocenters. The van der Waals surface area contributed by atoms with Gasteiger partial charge in [0.25, 0.3) is 0 Å². The first-order chi connectivity index (χ1) is 9.78. The molecule has 2 aromatic carbocycles. The highest BCUT2D eigenvalue weighted by Gasteiger charge is 2.24. The summed E-state index contributed by atoms with van der Waals surface area (Å²) in [6, 6.07) is 18.6. The molecule has 3 rings (SSSR count). The highest BCUT2D eigenvalue weighted by molar-refractivity contribution is 7.99. The maximum atomic E-state index is 3.84. The van der Waals surface area contributed by atoms with Crippen molar-refractivity contribution in [3.8, 4) is 0 Å². The van der Waals surface area contributed by atoms with E-state index in [0.29, 0.717) is 12.1 Å². The number of thioether (sulfide) groups is 1. The molecule has 2 heteroatoms. The van der Waals surface area contributed by atoms with E-state index in [1.54, 1.807) is 0 Å². The summed E-state index contributed by atoms with van der Waals surface area (Å²) in [7, 11) is 0. The standard InChI is InChI=1S/C18H21NS/c1-3-16(14-10-8-13(2)9-11-14)19-17-12-20-18-7-5-4-6-15(17)18/h4-11,16-17,19H,3,12H2,1-2H3. The maximum absolute atomic E-state index is 3.84. The van der Waals surface area contributed by atoms with Crippen LogP contribution in [0.1, 0.15) is 42.1 Å². The Bertz CT molecular complexity index is 576. The quantitative estimate of drug-likeness (QED) is 0.858. The summed E-state index contributed by atoms with van der Waals surface area (Å²) < 4.78 is 0. The van der Waals surface area contributed by atoms with Gasteiger partial charge in [0.2, 0.25) is 0 Å². The van der Waals surface area contributed by atoms with Gasteiger partial charge in [-0.2, -0.15) is 0 Å². The van der Waals surface area contributed by atoms with E-state index in [0.717, 1.165) is 12.2 Å². The van der Waals surface area contributed by atoms with E-state index in [9.17, 15) is 0 Å². The Morgan fingerprint density at radius 1 is 1.15 bits per heavy atom. The predicted molar refractivity (Wildman–Crippen MR) is 87.3 cm³/mol. The molecule has 0 fully saturated rings. The Labute approximate surface area is 125 Å². The lowest BCUT2D eigenvalue weighted by Crippen LogP contribution is -2.26. The number of fused-ring (bicyclic) bond motifs is 1. The van der Waals surface area contributed by atoms with Crippen LogP contribution in [0.15, 0.2) is 53.4 Å². The highest BCUT2D eigenvalue weighted by Crippen LogP contribution is 2.39. The molecule has 2 atom stereocenters. The summed E-state index contributed by atoms with van der Waals surface area (Å²) in [4.78, 5) is 1.43. The summed E-state index contributed by atoms with van der Waals surface area (Å²) in [6.45, 7) is 4.40. The fourth-order valence-electron chi connectivity index (χ4n) is 2.79. The zero-order valence-electron chi connectivity index (χ0n) is 12.1. The molecule has 1 heterocycles. The molecule has 1 N–H and O–H groups in total. The maximum Gasteiger partial charge on any atom is 0.0431 e. The van der Waals surface area contributed by atoms with Crippen LogP contribution in [0.4, 0.5) is 0 Å². The minimum atomic E-state index is 0.437. The minimum absolute atomic E-state index is 0.437. The van der Waals surface area contributed by atoms with Gasteiger partial charge in [-0.15, -0.1) is 11.8 Å². The van der Waals surface area contributed by atoms with Crippen molar-refractivity contribution in [3.05, 3.63) is 65.2 Å². The first kappa shape index (κ1) is 13.7. The summed E-state index contributed by atoms with van der Waals surface area (Å²) >= 11 is 1.96. The number of hydrogen-bond donors (Lipinski definition) is 1. The van der Waals surface area contributed by atoms with Gasteiger partial charge in [-0.25, -0.2) is 0 Å². The molecule has 0 spiro atoms. The normalized spacial score (nSPS) is 18.8. The van der Waals surface area contributed by atoms with Crippen molar-refractivity contribution < 1.29 is 0 Å². The van der Waals surface area contributed by atoms with Crippen molar-refractivity contribution in [1.29, 1.82) is 0 Å². The Hall–Kier alpha value is -1.25. The van der Waals surface area contributed by atoms with Crippen LogP contribution in [0.3, 0.4) is 0 Å². The van der Waals surface area contributed by atoms with Gasteiger partial charge >= 0.3 is 0 Å². The fourth-order valence-corrected chi connectivity index (χ4v) is 3.97. The Morgan fingerprint density at radius 3 is 2.65 bits per heavy atom. The molecule has 0 aliphatic carbocycles. The summed E-state index contributed by atoms with van der Waals surface area (Å²) in [5.41, 5.74) is 4.18. The Balaban J connectivity index is 1.78. The number of hydrogen-bond acceptors (Lipinski definition) is 2. The molecular formula is C18H21NS. The lowest BCUT2D eigenvalue weighted by Gasteiger charge is -2.23. The van der Waals surface area contributed by atoms with Crippen LogP contribution in [0.25, 0.3) is 0 Å². The van der Waals surface area contributed by atoms with Gasteiger partial charge < -0.3 is 5.32 Å². The minimum Gasteiger partial charge on any atom is -0.302 e. The third kappa shape index (κ3) is 2.77. The summed E-state index contributed by atoms with van der Waals surface area (Å²) in [6.07, 6.45) is 1.12. The molecule has 0 saturated carbocycles. The van der Waals surface area contributed by atoms with Gasteiger partial charge in [-0.3, -0.25) is 0 Å². The molecule has 1 aliphatic heterocycles. The molecule has 20 heavy (non-hydrogen) atoms. The number of rotatable bonds is 4. The molecule has 104 valence electrons. The van der Waals surface area contributed by atoms with Crippen molar-refractivity contribution in [2.75, 3.05) is 5.75 Å². The Kier molecular flexibility index (Phi) is 4.13. The predicted octanol–water partition coefficient (Wildman–Crippen LogP) is 4.88. The number of benzene rings is 2. The second-order valence-electron chi connectivity index (χ2n) is 5.44. The summed E-state index contributed by atoms with van der Waals surface area (Å²) in [5, 5.41) is 3.84. The molecule has 1 nitrogen and oxygen atoms in total. The molecule has 0 saturated heterocycles. The van der Waals surface area contributed by atoms with Crippen molar-refractivity contribution in [2.24, 2.45) is 0 Å². The SMILES string of the molecule is CCC(NC1CSc2ccccc21)c1ccc(C)cc1. The van der Waals surface area contributed by atoms with E-state index < -0.39 is 0 Å². The van der Waals surface area contributed by atoms with E-state index in [-0.39, 0.29) is 0 Å². The lowest BCUT2D eigenvalue weighted by atomic mass is 10.0. The average Bonchev–Trinajstić information content (AvgIpc) is 2.89. The number of nitrogens with one attached hydrogen (secondary N) is 1. The van der Waals surface area contributed by atoms with Crippen LogP contribution < -0.4 is 5.32 Å². The van der Waals surface area contributed by atoms with Gasteiger partial charge in [-0.05, 0) is 30.5 Å². The molecule has 0 aromatic heterocycles. The molecule has 0 bridgehead atoms. The second kappa shape index (κ2) is 6.02. The third-order valence-electron chi connectivity index (χ3n) is 3.99. The van der Waals surface area contributed by atoms with Crippen LogP contribution >= 0.6 is 11.8 Å². The zero-order chi connectivity index (χ0) is 13.9. The van der Waals surface area contributed by atoms with Gasteiger partial charge in [-0.1, -0.05) is 55.0 Å². The second-order valence-corrected chi connectivity index (χ2v) is 6.50. The monoisotopic (exact) mass is 283 g/mol. The van der Waals surface area contributed by atoms with Gasteiger partial charge in [0, 0.05) is 22.7 Å². The molecule has 0 radical (unpaired) electrons. The Morgan fingerprint density at radius 2 is 1.90 bits per heavy atom.